The lowest BCUT2D eigenvalue weighted by Crippen LogP contribution is -2.35. The van der Waals surface area contributed by atoms with Crippen molar-refractivity contribution in [3.8, 4) is 0 Å². The van der Waals surface area contributed by atoms with Crippen LogP contribution < -0.4 is 11.1 Å². The van der Waals surface area contributed by atoms with Crippen molar-refractivity contribution in [3.63, 3.8) is 0 Å². The molecule has 0 radical (unpaired) electrons. The van der Waals surface area contributed by atoms with Gasteiger partial charge in [0.2, 0.25) is 5.91 Å². The maximum atomic E-state index is 10.6. The van der Waals surface area contributed by atoms with Crippen LogP contribution >= 0.6 is 0 Å². The van der Waals surface area contributed by atoms with Crippen molar-refractivity contribution in [1.29, 1.82) is 0 Å². The summed E-state index contributed by atoms with van der Waals surface area (Å²) in [6.45, 7) is 1.91. The van der Waals surface area contributed by atoms with Crippen LogP contribution in [0.25, 0.3) is 0 Å². The van der Waals surface area contributed by atoms with Gasteiger partial charge in [0, 0.05) is 18.7 Å². The van der Waals surface area contributed by atoms with Crippen molar-refractivity contribution in [1.82, 2.24) is 5.32 Å². The van der Waals surface area contributed by atoms with E-state index >= 15 is 0 Å². The normalized spacial score (nSPS) is 27.1. The van der Waals surface area contributed by atoms with Gasteiger partial charge in [0.05, 0.1) is 0 Å². The van der Waals surface area contributed by atoms with Crippen molar-refractivity contribution in [2.24, 2.45) is 5.73 Å². The smallest absolute Gasteiger partial charge is 0.225 e. The van der Waals surface area contributed by atoms with Crippen molar-refractivity contribution >= 4 is 5.91 Å². The highest BCUT2D eigenvalue weighted by atomic mass is 16.1. The van der Waals surface area contributed by atoms with Crippen LogP contribution in [0, 0.1) is 0 Å². The van der Waals surface area contributed by atoms with E-state index in [1.807, 2.05) is 6.92 Å². The van der Waals surface area contributed by atoms with E-state index in [4.69, 9.17) is 5.73 Å². The van der Waals surface area contributed by atoms with E-state index in [-0.39, 0.29) is 11.9 Å². The number of carbonyl (C=O) groups is 1. The lowest BCUT2D eigenvalue weighted by Gasteiger charge is -2.16. The van der Waals surface area contributed by atoms with Crippen molar-refractivity contribution in [3.05, 3.63) is 11.8 Å². The Balaban J connectivity index is 2.67. The number of carbonyl (C=O) groups excluding carboxylic acids is 1. The van der Waals surface area contributed by atoms with E-state index in [2.05, 4.69) is 5.32 Å². The first-order chi connectivity index (χ1) is 4.20. The maximum absolute atomic E-state index is 10.6. The summed E-state index contributed by atoms with van der Waals surface area (Å²) in [5.41, 5.74) is 6.58. The minimum absolute atomic E-state index is 0.00750. The fraction of sp³-hybridized carbons (Fsp3) is 0.500. The molecule has 3 N–H and O–H groups in total. The molecule has 1 amide bonds. The van der Waals surface area contributed by atoms with E-state index in [0.717, 1.165) is 5.57 Å². The molecule has 1 atom stereocenters. The number of nitrogens with two attached hydrogens (primary N) is 1. The Bertz CT molecular complexity index is 162. The zero-order chi connectivity index (χ0) is 6.85. The Labute approximate surface area is 53.9 Å². The van der Waals surface area contributed by atoms with Gasteiger partial charge in [-0.15, -0.1) is 0 Å². The molecule has 0 saturated carbocycles. The van der Waals surface area contributed by atoms with E-state index in [1.54, 1.807) is 6.20 Å². The van der Waals surface area contributed by atoms with Gasteiger partial charge in [-0.25, -0.2) is 0 Å². The van der Waals surface area contributed by atoms with E-state index in [1.165, 1.54) is 0 Å². The molecule has 0 aliphatic carbocycles. The molecule has 1 aliphatic rings. The number of nitrogens with one attached hydrogen (secondary N) is 1. The Morgan fingerprint density at radius 1 is 1.89 bits per heavy atom. The highest BCUT2D eigenvalue weighted by Crippen LogP contribution is 2.05. The number of amides is 1. The van der Waals surface area contributed by atoms with Crippen LogP contribution in [-0.4, -0.2) is 11.9 Å². The molecule has 0 aromatic rings. The molecule has 50 valence electrons. The van der Waals surface area contributed by atoms with Crippen LogP contribution in [0.4, 0.5) is 0 Å². The lowest BCUT2D eigenvalue weighted by molar-refractivity contribution is -0.120. The Kier molecular flexibility index (Phi) is 1.53. The first kappa shape index (κ1) is 6.29. The zero-order valence-corrected chi connectivity index (χ0v) is 5.35. The summed E-state index contributed by atoms with van der Waals surface area (Å²) in [4.78, 5) is 10.6. The summed E-state index contributed by atoms with van der Waals surface area (Å²) < 4.78 is 0. The molecule has 0 fully saturated rings. The molecule has 0 saturated heterocycles. The number of hydrogen-bond donors (Lipinski definition) is 2. The van der Waals surface area contributed by atoms with Gasteiger partial charge in [-0.05, 0) is 12.5 Å². The first-order valence-electron chi connectivity index (χ1n) is 2.92. The topological polar surface area (TPSA) is 55.1 Å². The summed E-state index contributed by atoms with van der Waals surface area (Å²) in [6.07, 6.45) is 2.08. The standard InChI is InChI=1S/C6H10N2O/c1-4-3-8-6(9)2-5(4)7/h3,5H,2,7H2,1H3,(H,8,9). The van der Waals surface area contributed by atoms with Crippen LogP contribution in [0.5, 0.6) is 0 Å². The third-order valence-corrected chi connectivity index (χ3v) is 1.45. The molecule has 9 heavy (non-hydrogen) atoms. The third-order valence-electron chi connectivity index (χ3n) is 1.45. The molecule has 3 nitrogen and oxygen atoms in total. The van der Waals surface area contributed by atoms with Gasteiger partial charge in [-0.3, -0.25) is 4.79 Å². The second-order valence-electron chi connectivity index (χ2n) is 2.27. The Morgan fingerprint density at radius 2 is 2.56 bits per heavy atom. The molecule has 1 heterocycles. The molecule has 1 rings (SSSR count). The van der Waals surface area contributed by atoms with Crippen LogP contribution in [0.3, 0.4) is 0 Å². The van der Waals surface area contributed by atoms with E-state index in [0.29, 0.717) is 6.42 Å². The Hall–Kier alpha value is -0.830. The van der Waals surface area contributed by atoms with Gasteiger partial charge in [0.15, 0.2) is 0 Å². The van der Waals surface area contributed by atoms with Gasteiger partial charge in [0.1, 0.15) is 0 Å². The summed E-state index contributed by atoms with van der Waals surface area (Å²) >= 11 is 0. The summed E-state index contributed by atoms with van der Waals surface area (Å²) in [7, 11) is 0. The molecule has 0 bridgehead atoms. The van der Waals surface area contributed by atoms with E-state index < -0.39 is 0 Å². The van der Waals surface area contributed by atoms with Gasteiger partial charge in [-0.1, -0.05) is 0 Å². The molecule has 0 aromatic carbocycles. The minimum atomic E-state index is -0.0706. The first-order valence-corrected chi connectivity index (χ1v) is 2.92. The zero-order valence-electron chi connectivity index (χ0n) is 5.35. The van der Waals surface area contributed by atoms with Crippen LogP contribution in [0.15, 0.2) is 11.8 Å². The highest BCUT2D eigenvalue weighted by molar-refractivity contribution is 5.79. The van der Waals surface area contributed by atoms with E-state index in [9.17, 15) is 4.79 Å². The second-order valence-corrected chi connectivity index (χ2v) is 2.27. The molecular weight excluding hydrogens is 116 g/mol. The molecule has 1 aliphatic heterocycles. The third kappa shape index (κ3) is 1.29. The van der Waals surface area contributed by atoms with Gasteiger partial charge in [0.25, 0.3) is 0 Å². The molecule has 3 heteroatoms. The average molecular weight is 126 g/mol. The highest BCUT2D eigenvalue weighted by Gasteiger charge is 2.14. The molecule has 0 spiro atoms. The summed E-state index contributed by atoms with van der Waals surface area (Å²) in [5, 5.41) is 2.58. The average Bonchev–Trinajstić information content (AvgIpc) is 1.80. The van der Waals surface area contributed by atoms with Crippen molar-refractivity contribution < 1.29 is 4.79 Å². The molecule has 0 aromatic heterocycles. The minimum Gasteiger partial charge on any atom is -0.333 e. The number of hydrogen-bond acceptors (Lipinski definition) is 2. The monoisotopic (exact) mass is 126 g/mol. The summed E-state index contributed by atoms with van der Waals surface area (Å²) in [5.74, 6) is 0.00750. The molecule has 1 unspecified atom stereocenters. The lowest BCUT2D eigenvalue weighted by atomic mass is 10.1. The van der Waals surface area contributed by atoms with Gasteiger partial charge >= 0.3 is 0 Å². The van der Waals surface area contributed by atoms with Crippen LogP contribution in [-0.2, 0) is 4.79 Å². The predicted molar refractivity (Wildman–Crippen MR) is 34.5 cm³/mol. The molecular formula is C6H10N2O. The van der Waals surface area contributed by atoms with Crippen molar-refractivity contribution in [2.45, 2.75) is 19.4 Å². The SMILES string of the molecule is CC1=CNC(=O)CC1N. The fourth-order valence-electron chi connectivity index (χ4n) is 0.721. The Morgan fingerprint density at radius 3 is 3.00 bits per heavy atom. The predicted octanol–water partition coefficient (Wildman–Crippen LogP) is -0.263. The summed E-state index contributed by atoms with van der Waals surface area (Å²) in [6, 6.07) is -0.0706. The second kappa shape index (κ2) is 2.19. The van der Waals surface area contributed by atoms with Crippen LogP contribution in [0.1, 0.15) is 13.3 Å². The largest absolute Gasteiger partial charge is 0.333 e. The quantitative estimate of drug-likeness (QED) is 0.469. The van der Waals surface area contributed by atoms with Gasteiger partial charge in [-0.2, -0.15) is 0 Å². The van der Waals surface area contributed by atoms with Gasteiger partial charge < -0.3 is 11.1 Å². The van der Waals surface area contributed by atoms with Crippen molar-refractivity contribution in [2.75, 3.05) is 0 Å². The fourth-order valence-corrected chi connectivity index (χ4v) is 0.721. The van der Waals surface area contributed by atoms with Crippen LogP contribution in [0.2, 0.25) is 0 Å². The number of rotatable bonds is 0. The maximum Gasteiger partial charge on any atom is 0.225 e.